The lowest BCUT2D eigenvalue weighted by molar-refractivity contribution is -0.122. The molecule has 1 aliphatic heterocycles. The molecule has 1 N–H and O–H groups in total. The van der Waals surface area contributed by atoms with Crippen LogP contribution in [-0.4, -0.2) is 39.7 Å². The Bertz CT molecular complexity index is 852. The fourth-order valence-electron chi connectivity index (χ4n) is 3.12. The van der Waals surface area contributed by atoms with E-state index in [0.717, 1.165) is 0 Å². The number of amides is 2. The second-order valence-electron chi connectivity index (χ2n) is 6.13. The van der Waals surface area contributed by atoms with Gasteiger partial charge in [0.1, 0.15) is 17.2 Å². The number of nitrogens with one attached hydrogen (secondary N) is 1. The van der Waals surface area contributed by atoms with Crippen molar-refractivity contribution in [3.63, 3.8) is 0 Å². The highest BCUT2D eigenvalue weighted by molar-refractivity contribution is 6.04. The van der Waals surface area contributed by atoms with Crippen molar-refractivity contribution in [2.24, 2.45) is 5.92 Å². The van der Waals surface area contributed by atoms with Crippen LogP contribution in [0.5, 0.6) is 17.2 Å². The molecule has 0 unspecified atom stereocenters. The number of nitrogens with zero attached hydrogens (tertiary/aromatic N) is 1. The van der Waals surface area contributed by atoms with E-state index in [0.29, 0.717) is 28.6 Å². The van der Waals surface area contributed by atoms with Crippen LogP contribution in [0.15, 0.2) is 42.5 Å². The second-order valence-corrected chi connectivity index (χ2v) is 6.13. The molecule has 1 atom stereocenters. The molecule has 1 fully saturated rings. The van der Waals surface area contributed by atoms with E-state index < -0.39 is 5.92 Å². The molecule has 7 heteroatoms. The van der Waals surface area contributed by atoms with Crippen molar-refractivity contribution in [3.05, 3.63) is 42.5 Å². The fraction of sp³-hybridized carbons (Fsp3) is 0.300. The van der Waals surface area contributed by atoms with Crippen LogP contribution < -0.4 is 24.4 Å². The summed E-state index contributed by atoms with van der Waals surface area (Å²) in [5, 5.41) is 2.85. The highest BCUT2D eigenvalue weighted by atomic mass is 16.5. The largest absolute Gasteiger partial charge is 0.497 e. The number of para-hydroxylation sites is 2. The van der Waals surface area contributed by atoms with Crippen molar-refractivity contribution >= 4 is 23.2 Å². The summed E-state index contributed by atoms with van der Waals surface area (Å²) < 4.78 is 15.8. The van der Waals surface area contributed by atoms with Crippen LogP contribution in [0, 0.1) is 5.92 Å². The molecule has 2 aromatic rings. The van der Waals surface area contributed by atoms with Crippen LogP contribution >= 0.6 is 0 Å². The molecule has 27 heavy (non-hydrogen) atoms. The third kappa shape index (κ3) is 3.81. The minimum atomic E-state index is -0.474. The van der Waals surface area contributed by atoms with Gasteiger partial charge in [0, 0.05) is 19.0 Å². The lowest BCUT2D eigenvalue weighted by Gasteiger charge is -2.19. The molecule has 1 aliphatic rings. The molecule has 2 amide bonds. The first-order valence-electron chi connectivity index (χ1n) is 8.53. The number of carbonyl (C=O) groups excluding carboxylic acids is 2. The summed E-state index contributed by atoms with van der Waals surface area (Å²) in [7, 11) is 4.63. The van der Waals surface area contributed by atoms with Crippen molar-refractivity contribution < 1.29 is 23.8 Å². The molecule has 0 bridgehead atoms. The Kier molecular flexibility index (Phi) is 5.49. The van der Waals surface area contributed by atoms with E-state index in [4.69, 9.17) is 14.2 Å². The van der Waals surface area contributed by atoms with Crippen molar-refractivity contribution in [1.29, 1.82) is 0 Å². The molecule has 0 saturated carbocycles. The summed E-state index contributed by atoms with van der Waals surface area (Å²) >= 11 is 0. The third-order valence-electron chi connectivity index (χ3n) is 4.54. The molecule has 142 valence electrons. The molecule has 1 saturated heterocycles. The van der Waals surface area contributed by atoms with Gasteiger partial charge in [-0.2, -0.15) is 0 Å². The molecule has 0 aromatic heterocycles. The lowest BCUT2D eigenvalue weighted by atomic mass is 10.1. The molecule has 7 nitrogen and oxygen atoms in total. The topological polar surface area (TPSA) is 77.1 Å². The van der Waals surface area contributed by atoms with Gasteiger partial charge in [-0.05, 0) is 24.3 Å². The molecule has 2 aromatic carbocycles. The van der Waals surface area contributed by atoms with Crippen LogP contribution in [0.25, 0.3) is 0 Å². The van der Waals surface area contributed by atoms with Gasteiger partial charge in [-0.25, -0.2) is 0 Å². The van der Waals surface area contributed by atoms with Gasteiger partial charge in [-0.1, -0.05) is 12.1 Å². The van der Waals surface area contributed by atoms with Gasteiger partial charge < -0.3 is 24.4 Å². The van der Waals surface area contributed by atoms with E-state index in [2.05, 4.69) is 5.32 Å². The Labute approximate surface area is 157 Å². The highest BCUT2D eigenvalue weighted by Gasteiger charge is 2.36. The summed E-state index contributed by atoms with van der Waals surface area (Å²) in [6.45, 7) is 0.289. The van der Waals surface area contributed by atoms with Crippen LogP contribution in [0.3, 0.4) is 0 Å². The Morgan fingerprint density at radius 1 is 1.04 bits per heavy atom. The quantitative estimate of drug-likeness (QED) is 0.846. The zero-order valence-corrected chi connectivity index (χ0v) is 15.5. The predicted molar refractivity (Wildman–Crippen MR) is 102 cm³/mol. The summed E-state index contributed by atoms with van der Waals surface area (Å²) in [5.74, 6) is 0.892. The van der Waals surface area contributed by atoms with Gasteiger partial charge in [0.05, 0.1) is 38.6 Å². The van der Waals surface area contributed by atoms with E-state index in [1.807, 2.05) is 18.2 Å². The normalized spacial score (nSPS) is 16.2. The van der Waals surface area contributed by atoms with Crippen LogP contribution in [0.4, 0.5) is 11.4 Å². The number of benzene rings is 2. The smallest absolute Gasteiger partial charge is 0.229 e. The Balaban J connectivity index is 1.77. The Hall–Kier alpha value is -3.22. The molecule has 0 radical (unpaired) electrons. The van der Waals surface area contributed by atoms with E-state index in [1.165, 1.54) is 7.11 Å². The highest BCUT2D eigenvalue weighted by Crippen LogP contribution is 2.34. The zero-order chi connectivity index (χ0) is 19.4. The summed E-state index contributed by atoms with van der Waals surface area (Å²) in [6.07, 6.45) is 0.135. The monoisotopic (exact) mass is 370 g/mol. The molecular formula is C20H22N2O5. The van der Waals surface area contributed by atoms with Gasteiger partial charge in [0.15, 0.2) is 0 Å². The van der Waals surface area contributed by atoms with Crippen LogP contribution in [-0.2, 0) is 9.59 Å². The first-order chi connectivity index (χ1) is 13.1. The number of ether oxygens (including phenoxy) is 3. The van der Waals surface area contributed by atoms with E-state index >= 15 is 0 Å². The predicted octanol–water partition coefficient (Wildman–Crippen LogP) is 2.70. The standard InChI is InChI=1S/C20H22N2O5/c1-25-14-8-9-17(26-2)15(11-14)21-20(24)13-10-19(23)22(12-13)16-6-4-5-7-18(16)27-3/h4-9,11,13H,10,12H2,1-3H3,(H,21,24)/t13-/m0/s1. The first kappa shape index (κ1) is 18.6. The van der Waals surface area contributed by atoms with E-state index in [-0.39, 0.29) is 24.8 Å². The van der Waals surface area contributed by atoms with Gasteiger partial charge in [0.2, 0.25) is 11.8 Å². The molecule has 3 rings (SSSR count). The fourth-order valence-corrected chi connectivity index (χ4v) is 3.12. The maximum atomic E-state index is 12.7. The number of hydrogen-bond donors (Lipinski definition) is 1. The van der Waals surface area contributed by atoms with Gasteiger partial charge in [0.25, 0.3) is 0 Å². The zero-order valence-electron chi connectivity index (χ0n) is 15.5. The second kappa shape index (κ2) is 7.99. The number of anilines is 2. The summed E-state index contributed by atoms with van der Waals surface area (Å²) in [4.78, 5) is 26.8. The lowest BCUT2D eigenvalue weighted by Crippen LogP contribution is -2.28. The molecule has 1 heterocycles. The van der Waals surface area contributed by atoms with Crippen molar-refractivity contribution in [3.8, 4) is 17.2 Å². The maximum Gasteiger partial charge on any atom is 0.229 e. The summed E-state index contributed by atoms with van der Waals surface area (Å²) in [6, 6.07) is 12.4. The Morgan fingerprint density at radius 3 is 2.48 bits per heavy atom. The molecular weight excluding hydrogens is 348 g/mol. The van der Waals surface area contributed by atoms with E-state index in [1.54, 1.807) is 43.4 Å². The first-order valence-corrected chi connectivity index (χ1v) is 8.53. The Morgan fingerprint density at radius 2 is 1.78 bits per heavy atom. The van der Waals surface area contributed by atoms with Gasteiger partial charge in [-0.3, -0.25) is 9.59 Å². The van der Waals surface area contributed by atoms with Gasteiger partial charge >= 0.3 is 0 Å². The number of hydrogen-bond acceptors (Lipinski definition) is 5. The number of methoxy groups -OCH3 is 3. The third-order valence-corrected chi connectivity index (χ3v) is 4.54. The minimum Gasteiger partial charge on any atom is -0.497 e. The van der Waals surface area contributed by atoms with Crippen molar-refractivity contribution in [2.75, 3.05) is 38.1 Å². The SMILES string of the molecule is COc1ccc(OC)c(NC(=O)[C@H]2CC(=O)N(c3ccccc3OC)C2)c1. The van der Waals surface area contributed by atoms with Gasteiger partial charge in [-0.15, -0.1) is 0 Å². The van der Waals surface area contributed by atoms with Crippen molar-refractivity contribution in [2.45, 2.75) is 6.42 Å². The van der Waals surface area contributed by atoms with E-state index in [9.17, 15) is 9.59 Å². The average molecular weight is 370 g/mol. The molecule has 0 spiro atoms. The number of rotatable bonds is 6. The average Bonchev–Trinajstić information content (AvgIpc) is 3.09. The van der Waals surface area contributed by atoms with Crippen molar-refractivity contribution in [1.82, 2.24) is 0 Å². The maximum absolute atomic E-state index is 12.7. The summed E-state index contributed by atoms with van der Waals surface area (Å²) in [5.41, 5.74) is 1.17. The van der Waals surface area contributed by atoms with Crippen LogP contribution in [0.2, 0.25) is 0 Å². The number of carbonyl (C=O) groups is 2. The minimum absolute atomic E-state index is 0.114. The molecule has 0 aliphatic carbocycles. The van der Waals surface area contributed by atoms with Crippen LogP contribution in [0.1, 0.15) is 6.42 Å².